The number of rotatable bonds is 5. The Morgan fingerprint density at radius 3 is 2.70 bits per heavy atom. The molecule has 6 heteroatoms. The van der Waals surface area contributed by atoms with Gasteiger partial charge in [0, 0.05) is 20.2 Å². The zero-order chi connectivity index (χ0) is 14.6. The molecule has 1 aromatic carbocycles. The minimum Gasteiger partial charge on any atom is -0.384 e. The van der Waals surface area contributed by atoms with E-state index in [1.54, 1.807) is 7.11 Å². The van der Waals surface area contributed by atoms with E-state index in [1.165, 1.54) is 28.6 Å². The van der Waals surface area contributed by atoms with Crippen molar-refractivity contribution in [2.75, 3.05) is 26.8 Å². The first-order valence-electron chi connectivity index (χ1n) is 6.72. The second-order valence-electron chi connectivity index (χ2n) is 5.20. The van der Waals surface area contributed by atoms with Crippen molar-refractivity contribution in [3.05, 3.63) is 35.6 Å². The molecule has 0 spiro atoms. The van der Waals surface area contributed by atoms with Crippen molar-refractivity contribution >= 4 is 10.0 Å². The third-order valence-corrected chi connectivity index (χ3v) is 5.36. The zero-order valence-electron chi connectivity index (χ0n) is 11.6. The van der Waals surface area contributed by atoms with Crippen LogP contribution in [0.4, 0.5) is 4.39 Å². The Hall–Kier alpha value is -0.980. The third-order valence-electron chi connectivity index (χ3n) is 3.54. The van der Waals surface area contributed by atoms with E-state index in [2.05, 4.69) is 0 Å². The molecule has 20 heavy (non-hydrogen) atoms. The molecule has 1 atom stereocenters. The van der Waals surface area contributed by atoms with E-state index in [1.807, 2.05) is 0 Å². The molecule has 0 N–H and O–H groups in total. The molecule has 0 saturated carbocycles. The first-order chi connectivity index (χ1) is 9.51. The van der Waals surface area contributed by atoms with Crippen molar-refractivity contribution in [3.8, 4) is 0 Å². The molecule has 0 aromatic heterocycles. The topological polar surface area (TPSA) is 46.6 Å². The lowest BCUT2D eigenvalue weighted by Crippen LogP contribution is -2.41. The number of ether oxygens (including phenoxy) is 1. The van der Waals surface area contributed by atoms with Crippen LogP contribution in [0.2, 0.25) is 0 Å². The normalized spacial score (nSPS) is 21.0. The van der Waals surface area contributed by atoms with Crippen LogP contribution >= 0.6 is 0 Å². The number of hydrogen-bond donors (Lipinski definition) is 0. The van der Waals surface area contributed by atoms with Gasteiger partial charge in [-0.25, -0.2) is 17.1 Å². The minimum absolute atomic E-state index is 0.0764. The summed E-state index contributed by atoms with van der Waals surface area (Å²) in [5, 5.41) is 0. The van der Waals surface area contributed by atoms with Crippen LogP contribution < -0.4 is 0 Å². The lowest BCUT2D eigenvalue weighted by molar-refractivity contribution is 0.118. The van der Waals surface area contributed by atoms with Gasteiger partial charge in [-0.1, -0.05) is 12.1 Å². The van der Waals surface area contributed by atoms with E-state index < -0.39 is 10.0 Å². The monoisotopic (exact) mass is 301 g/mol. The van der Waals surface area contributed by atoms with Gasteiger partial charge in [-0.3, -0.25) is 0 Å². The lowest BCUT2D eigenvalue weighted by Gasteiger charge is -2.31. The van der Waals surface area contributed by atoms with Crippen LogP contribution in [-0.4, -0.2) is 39.5 Å². The molecule has 0 amide bonds. The summed E-state index contributed by atoms with van der Waals surface area (Å²) in [6, 6.07) is 5.61. The number of hydrogen-bond acceptors (Lipinski definition) is 3. The maximum Gasteiger partial charge on any atom is 0.218 e. The number of methoxy groups -OCH3 is 1. The zero-order valence-corrected chi connectivity index (χ0v) is 12.4. The molecule has 112 valence electrons. The number of nitrogens with zero attached hydrogens (tertiary/aromatic N) is 1. The predicted molar refractivity (Wildman–Crippen MR) is 75.2 cm³/mol. The number of piperidine rings is 1. The van der Waals surface area contributed by atoms with Crippen molar-refractivity contribution in [3.63, 3.8) is 0 Å². The quantitative estimate of drug-likeness (QED) is 0.836. The van der Waals surface area contributed by atoms with Crippen LogP contribution in [0.25, 0.3) is 0 Å². The van der Waals surface area contributed by atoms with Crippen molar-refractivity contribution in [1.82, 2.24) is 4.31 Å². The van der Waals surface area contributed by atoms with E-state index >= 15 is 0 Å². The lowest BCUT2D eigenvalue weighted by atomic mass is 10.0. The molecule has 0 bridgehead atoms. The van der Waals surface area contributed by atoms with Gasteiger partial charge in [0.25, 0.3) is 0 Å². The predicted octanol–water partition coefficient (Wildman–Crippen LogP) is 2.01. The Morgan fingerprint density at radius 2 is 2.05 bits per heavy atom. The molecule has 0 radical (unpaired) electrons. The fourth-order valence-electron chi connectivity index (χ4n) is 2.53. The Labute approximate surface area is 119 Å². The summed E-state index contributed by atoms with van der Waals surface area (Å²) in [5.41, 5.74) is 0.611. The van der Waals surface area contributed by atoms with Crippen LogP contribution in [-0.2, 0) is 20.5 Å². The third kappa shape index (κ3) is 4.01. The summed E-state index contributed by atoms with van der Waals surface area (Å²) < 4.78 is 44.2. The van der Waals surface area contributed by atoms with Gasteiger partial charge in [0.05, 0.1) is 12.4 Å². The smallest absolute Gasteiger partial charge is 0.218 e. The highest BCUT2D eigenvalue weighted by molar-refractivity contribution is 7.88. The fraction of sp³-hybridized carbons (Fsp3) is 0.571. The van der Waals surface area contributed by atoms with E-state index in [4.69, 9.17) is 4.74 Å². The Morgan fingerprint density at radius 1 is 1.35 bits per heavy atom. The van der Waals surface area contributed by atoms with Gasteiger partial charge >= 0.3 is 0 Å². The van der Waals surface area contributed by atoms with Gasteiger partial charge in [0.1, 0.15) is 5.82 Å². The molecule has 4 nitrogen and oxygen atoms in total. The Bertz CT molecular complexity index is 528. The largest absolute Gasteiger partial charge is 0.384 e. The van der Waals surface area contributed by atoms with Crippen molar-refractivity contribution in [2.45, 2.75) is 18.6 Å². The highest BCUT2D eigenvalue weighted by Crippen LogP contribution is 2.21. The maximum atomic E-state index is 12.8. The van der Waals surface area contributed by atoms with Gasteiger partial charge in [0.2, 0.25) is 10.0 Å². The molecule has 1 aliphatic heterocycles. The van der Waals surface area contributed by atoms with E-state index in [-0.39, 0.29) is 17.5 Å². The minimum atomic E-state index is -3.35. The summed E-state index contributed by atoms with van der Waals surface area (Å²) >= 11 is 0. The summed E-state index contributed by atoms with van der Waals surface area (Å²) in [6.07, 6.45) is 1.85. The van der Waals surface area contributed by atoms with Gasteiger partial charge in [-0.05, 0) is 36.5 Å². The Kier molecular flexibility index (Phi) is 5.12. The molecule has 1 unspecified atom stereocenters. The first kappa shape index (κ1) is 15.4. The van der Waals surface area contributed by atoms with Crippen LogP contribution in [0.1, 0.15) is 18.4 Å². The van der Waals surface area contributed by atoms with E-state index in [0.29, 0.717) is 25.3 Å². The number of sulfonamides is 1. The summed E-state index contributed by atoms with van der Waals surface area (Å²) in [4.78, 5) is 0. The molecule has 1 fully saturated rings. The van der Waals surface area contributed by atoms with E-state index in [9.17, 15) is 12.8 Å². The Balaban J connectivity index is 2.04. The first-order valence-corrected chi connectivity index (χ1v) is 8.33. The van der Waals surface area contributed by atoms with Crippen molar-refractivity contribution in [1.29, 1.82) is 0 Å². The molecule has 1 aromatic rings. The van der Waals surface area contributed by atoms with Crippen molar-refractivity contribution in [2.24, 2.45) is 5.92 Å². The van der Waals surface area contributed by atoms with Crippen molar-refractivity contribution < 1.29 is 17.5 Å². The fourth-order valence-corrected chi connectivity index (χ4v) is 4.18. The van der Waals surface area contributed by atoms with Crippen LogP contribution in [0.15, 0.2) is 24.3 Å². The average Bonchev–Trinajstić information content (AvgIpc) is 2.42. The second-order valence-corrected chi connectivity index (χ2v) is 7.17. The van der Waals surface area contributed by atoms with Crippen LogP contribution in [0.5, 0.6) is 0 Å². The molecular formula is C14H20FNO3S. The second kappa shape index (κ2) is 6.65. The number of benzene rings is 1. The van der Waals surface area contributed by atoms with Gasteiger partial charge < -0.3 is 4.74 Å². The maximum absolute atomic E-state index is 12.8. The van der Waals surface area contributed by atoms with E-state index in [0.717, 1.165) is 12.8 Å². The van der Waals surface area contributed by atoms with Gasteiger partial charge in [0.15, 0.2) is 0 Å². The molecular weight excluding hydrogens is 281 g/mol. The summed E-state index contributed by atoms with van der Waals surface area (Å²) in [7, 11) is -1.71. The molecule has 2 rings (SSSR count). The van der Waals surface area contributed by atoms with Crippen LogP contribution in [0, 0.1) is 11.7 Å². The summed E-state index contributed by atoms with van der Waals surface area (Å²) in [6.45, 7) is 1.66. The molecule has 1 saturated heterocycles. The average molecular weight is 301 g/mol. The van der Waals surface area contributed by atoms with Crippen LogP contribution in [0.3, 0.4) is 0 Å². The number of halogens is 1. The van der Waals surface area contributed by atoms with Gasteiger partial charge in [-0.15, -0.1) is 0 Å². The molecule has 1 aliphatic rings. The molecule has 0 aliphatic carbocycles. The summed E-state index contributed by atoms with van der Waals surface area (Å²) in [5.74, 6) is -0.173. The highest BCUT2D eigenvalue weighted by Gasteiger charge is 2.28. The standard InChI is InChI=1S/C14H20FNO3S/c1-19-10-13-3-2-8-16(9-13)20(17,18)11-12-4-6-14(15)7-5-12/h4-7,13H,2-3,8-11H2,1H3. The highest BCUT2D eigenvalue weighted by atomic mass is 32.2. The van der Waals surface area contributed by atoms with Gasteiger partial charge in [-0.2, -0.15) is 0 Å². The molecule has 1 heterocycles. The SMILES string of the molecule is COCC1CCCN(S(=O)(=O)Cc2ccc(F)cc2)C1.